The molecule has 0 aliphatic carbocycles. The minimum Gasteiger partial charge on any atom is -0.371 e. The Hall–Kier alpha value is -0.630. The maximum atomic E-state index is 12.6. The molecule has 0 N–H and O–H groups in total. The zero-order valence-corrected chi connectivity index (χ0v) is 14.6. The molecule has 0 radical (unpaired) electrons. The minimum atomic E-state index is -3.48. The first kappa shape index (κ1) is 16.2. The minimum absolute atomic E-state index is 0.238. The molecule has 1 aromatic heterocycles. The Balaban J connectivity index is 1.86. The van der Waals surface area contributed by atoms with Crippen molar-refractivity contribution in [3.05, 3.63) is 51.3 Å². The lowest BCUT2D eigenvalue weighted by molar-refractivity contribution is -0.00244. The van der Waals surface area contributed by atoms with Gasteiger partial charge in [0.1, 0.15) is 4.21 Å². The monoisotopic (exact) mass is 377 g/mol. The Labute approximate surface area is 143 Å². The van der Waals surface area contributed by atoms with Crippen LogP contribution in [0.5, 0.6) is 0 Å². The molecule has 1 saturated heterocycles. The summed E-state index contributed by atoms with van der Waals surface area (Å²) in [6.07, 6.45) is -0.395. The zero-order chi connectivity index (χ0) is 15.7. The predicted octanol–water partition coefficient (Wildman–Crippen LogP) is 3.82. The lowest BCUT2D eigenvalue weighted by Crippen LogP contribution is -2.42. The maximum Gasteiger partial charge on any atom is 0.252 e. The van der Waals surface area contributed by atoms with Crippen LogP contribution >= 0.6 is 34.5 Å². The predicted molar refractivity (Wildman–Crippen MR) is 88.2 cm³/mol. The number of hydrogen-bond acceptors (Lipinski definition) is 4. The van der Waals surface area contributed by atoms with Gasteiger partial charge >= 0.3 is 0 Å². The summed E-state index contributed by atoms with van der Waals surface area (Å²) in [6, 6.07) is 8.47. The van der Waals surface area contributed by atoms with Crippen molar-refractivity contribution in [1.82, 2.24) is 4.31 Å². The molecule has 3 rings (SSSR count). The molecule has 0 saturated carbocycles. The molecule has 1 aliphatic heterocycles. The van der Waals surface area contributed by atoms with Crippen molar-refractivity contribution in [2.24, 2.45) is 0 Å². The molecule has 2 aromatic rings. The standard InChI is InChI=1S/C14H13Cl2NO3S2/c15-10-3-4-11(12(16)8-10)13-9-17(5-6-20-13)22(18,19)14-2-1-7-21-14/h1-4,7-8,13H,5-6,9H2. The van der Waals surface area contributed by atoms with Gasteiger partial charge in [-0.3, -0.25) is 0 Å². The Kier molecular flexibility index (Phi) is 4.77. The first-order chi connectivity index (χ1) is 10.5. The smallest absolute Gasteiger partial charge is 0.252 e. The maximum absolute atomic E-state index is 12.6. The summed E-state index contributed by atoms with van der Waals surface area (Å²) in [6.45, 7) is 0.901. The van der Waals surface area contributed by atoms with Crippen molar-refractivity contribution in [3.63, 3.8) is 0 Å². The van der Waals surface area contributed by atoms with Gasteiger partial charge in [0.2, 0.25) is 0 Å². The summed E-state index contributed by atoms with van der Waals surface area (Å²) in [5.74, 6) is 0. The number of morpholine rings is 1. The summed E-state index contributed by atoms with van der Waals surface area (Å²) in [5, 5.41) is 2.77. The van der Waals surface area contributed by atoms with Gasteiger partial charge in [-0.05, 0) is 23.6 Å². The summed E-state index contributed by atoms with van der Waals surface area (Å²) < 4.78 is 32.7. The summed E-state index contributed by atoms with van der Waals surface area (Å²) in [5.41, 5.74) is 0.747. The molecule has 0 amide bonds. The highest BCUT2D eigenvalue weighted by Crippen LogP contribution is 2.32. The van der Waals surface area contributed by atoms with Gasteiger partial charge in [0.25, 0.3) is 10.0 Å². The summed E-state index contributed by atoms with van der Waals surface area (Å²) in [7, 11) is -3.48. The Bertz CT molecular complexity index is 762. The van der Waals surface area contributed by atoms with E-state index in [9.17, 15) is 8.42 Å². The Morgan fingerprint density at radius 1 is 1.27 bits per heavy atom. The molecule has 1 unspecified atom stereocenters. The SMILES string of the molecule is O=S(=O)(c1cccs1)N1CCOC(c2ccc(Cl)cc2Cl)C1. The molecular formula is C14H13Cl2NO3S2. The molecule has 1 fully saturated rings. The molecule has 22 heavy (non-hydrogen) atoms. The van der Waals surface area contributed by atoms with E-state index >= 15 is 0 Å². The molecule has 2 heterocycles. The topological polar surface area (TPSA) is 46.6 Å². The first-order valence-electron chi connectivity index (χ1n) is 6.58. The fourth-order valence-corrected chi connectivity index (χ4v) is 5.43. The highest BCUT2D eigenvalue weighted by atomic mass is 35.5. The van der Waals surface area contributed by atoms with Crippen LogP contribution in [-0.4, -0.2) is 32.4 Å². The third-order valence-corrected chi connectivity index (χ3v) is 7.23. The molecule has 1 aliphatic rings. The van der Waals surface area contributed by atoms with Gasteiger partial charge in [-0.15, -0.1) is 11.3 Å². The van der Waals surface area contributed by atoms with Crippen molar-refractivity contribution >= 4 is 44.6 Å². The third-order valence-electron chi connectivity index (χ3n) is 3.43. The average molecular weight is 378 g/mol. The third kappa shape index (κ3) is 3.18. The molecule has 0 spiro atoms. The number of thiophene rings is 1. The normalized spacial score (nSPS) is 20.2. The van der Waals surface area contributed by atoms with Crippen molar-refractivity contribution in [3.8, 4) is 0 Å². The van der Waals surface area contributed by atoms with E-state index in [1.54, 1.807) is 35.7 Å². The quantitative estimate of drug-likeness (QED) is 0.816. The second-order valence-corrected chi connectivity index (χ2v) is 8.78. The summed E-state index contributed by atoms with van der Waals surface area (Å²) >= 11 is 13.3. The van der Waals surface area contributed by atoms with Gasteiger partial charge in [-0.1, -0.05) is 35.3 Å². The fourth-order valence-electron chi connectivity index (χ4n) is 2.33. The van der Waals surface area contributed by atoms with Gasteiger partial charge in [-0.2, -0.15) is 4.31 Å². The van der Waals surface area contributed by atoms with Crippen LogP contribution in [0, 0.1) is 0 Å². The number of hydrogen-bond donors (Lipinski definition) is 0. The van der Waals surface area contributed by atoms with Crippen LogP contribution in [0.4, 0.5) is 0 Å². The summed E-state index contributed by atoms with van der Waals surface area (Å²) in [4.78, 5) is 0. The Morgan fingerprint density at radius 2 is 2.09 bits per heavy atom. The number of nitrogens with zero attached hydrogens (tertiary/aromatic N) is 1. The van der Waals surface area contributed by atoms with Crippen LogP contribution in [0.2, 0.25) is 10.0 Å². The van der Waals surface area contributed by atoms with Crippen LogP contribution < -0.4 is 0 Å². The van der Waals surface area contributed by atoms with E-state index in [-0.39, 0.29) is 6.54 Å². The molecule has 1 aromatic carbocycles. The van der Waals surface area contributed by atoms with E-state index in [2.05, 4.69) is 0 Å². The fraction of sp³-hybridized carbons (Fsp3) is 0.286. The van der Waals surface area contributed by atoms with Gasteiger partial charge < -0.3 is 4.74 Å². The van der Waals surface area contributed by atoms with Crippen LogP contribution in [0.15, 0.2) is 39.9 Å². The van der Waals surface area contributed by atoms with Crippen LogP contribution in [0.3, 0.4) is 0 Å². The number of rotatable bonds is 3. The molecule has 4 nitrogen and oxygen atoms in total. The van der Waals surface area contributed by atoms with Crippen molar-refractivity contribution in [2.45, 2.75) is 10.3 Å². The lowest BCUT2D eigenvalue weighted by Gasteiger charge is -2.32. The average Bonchev–Trinajstić information content (AvgIpc) is 3.02. The second kappa shape index (κ2) is 6.47. The van der Waals surface area contributed by atoms with E-state index in [0.717, 1.165) is 5.56 Å². The van der Waals surface area contributed by atoms with E-state index in [0.29, 0.717) is 27.4 Å². The van der Waals surface area contributed by atoms with Crippen LogP contribution in [-0.2, 0) is 14.8 Å². The van der Waals surface area contributed by atoms with E-state index in [1.807, 2.05) is 0 Å². The van der Waals surface area contributed by atoms with E-state index < -0.39 is 16.1 Å². The van der Waals surface area contributed by atoms with Gasteiger partial charge in [0.15, 0.2) is 0 Å². The van der Waals surface area contributed by atoms with Crippen LogP contribution in [0.1, 0.15) is 11.7 Å². The first-order valence-corrected chi connectivity index (χ1v) is 9.66. The van der Waals surface area contributed by atoms with Gasteiger partial charge in [0.05, 0.1) is 12.7 Å². The van der Waals surface area contributed by atoms with E-state index in [1.165, 1.54) is 15.6 Å². The number of sulfonamides is 1. The molecule has 118 valence electrons. The van der Waals surface area contributed by atoms with Crippen LogP contribution in [0.25, 0.3) is 0 Å². The van der Waals surface area contributed by atoms with Crippen molar-refractivity contribution in [2.75, 3.05) is 19.7 Å². The molecular weight excluding hydrogens is 365 g/mol. The zero-order valence-electron chi connectivity index (χ0n) is 11.4. The lowest BCUT2D eigenvalue weighted by atomic mass is 10.1. The van der Waals surface area contributed by atoms with Gasteiger partial charge in [0, 0.05) is 28.7 Å². The highest BCUT2D eigenvalue weighted by Gasteiger charge is 2.32. The van der Waals surface area contributed by atoms with Gasteiger partial charge in [-0.25, -0.2) is 8.42 Å². The largest absolute Gasteiger partial charge is 0.371 e. The van der Waals surface area contributed by atoms with Crippen molar-refractivity contribution < 1.29 is 13.2 Å². The molecule has 0 bridgehead atoms. The van der Waals surface area contributed by atoms with E-state index in [4.69, 9.17) is 27.9 Å². The molecule has 1 atom stereocenters. The number of halogens is 2. The van der Waals surface area contributed by atoms with Crippen molar-refractivity contribution in [1.29, 1.82) is 0 Å². The number of ether oxygens (including phenoxy) is 1. The second-order valence-electron chi connectivity index (χ2n) is 4.82. The Morgan fingerprint density at radius 3 is 2.77 bits per heavy atom. The molecule has 8 heteroatoms. The highest BCUT2D eigenvalue weighted by molar-refractivity contribution is 7.91. The number of benzene rings is 1.